The summed E-state index contributed by atoms with van der Waals surface area (Å²) >= 11 is 0. The lowest BCUT2D eigenvalue weighted by Gasteiger charge is -2.25. The Morgan fingerprint density at radius 2 is 1.10 bits per heavy atom. The SMILES string of the molecule is CCCCCCC/C=C\C/C=C\CCCCCCCCCCCC(=O)NC(COP(=O)(O)OCCN)C(O)CCCCCCCCCCCC. The summed E-state index contributed by atoms with van der Waals surface area (Å²) in [5.74, 6) is -0.167. The molecule has 0 aliphatic carbocycles. The third-order valence-electron chi connectivity index (χ3n) is 9.31. The van der Waals surface area contributed by atoms with E-state index in [4.69, 9.17) is 14.8 Å². The van der Waals surface area contributed by atoms with Gasteiger partial charge in [0.1, 0.15) is 0 Å². The maximum absolute atomic E-state index is 12.7. The molecule has 5 N–H and O–H groups in total. The fourth-order valence-corrected chi connectivity index (χ4v) is 6.87. The second kappa shape index (κ2) is 37.7. The molecule has 0 bridgehead atoms. The fraction of sp³-hybridized carbons (Fsp3) is 0.878. The number of hydrogen-bond donors (Lipinski definition) is 4. The maximum Gasteiger partial charge on any atom is 0.472 e. The van der Waals surface area contributed by atoms with E-state index in [9.17, 15) is 19.4 Å². The summed E-state index contributed by atoms with van der Waals surface area (Å²) in [5.41, 5.74) is 5.36. The minimum atomic E-state index is -4.31. The van der Waals surface area contributed by atoms with Crippen molar-refractivity contribution in [3.8, 4) is 0 Å². The largest absolute Gasteiger partial charge is 0.472 e. The van der Waals surface area contributed by atoms with E-state index in [1.807, 2.05) is 0 Å². The molecule has 0 spiro atoms. The van der Waals surface area contributed by atoms with Gasteiger partial charge in [0, 0.05) is 13.0 Å². The van der Waals surface area contributed by atoms with E-state index in [1.54, 1.807) is 0 Å². The van der Waals surface area contributed by atoms with E-state index in [-0.39, 0.29) is 25.7 Å². The molecule has 8 nitrogen and oxygen atoms in total. The second-order valence-electron chi connectivity index (χ2n) is 14.2. The summed E-state index contributed by atoms with van der Waals surface area (Å²) in [7, 11) is -4.31. The molecule has 0 saturated carbocycles. The molecule has 0 aliphatic rings. The van der Waals surface area contributed by atoms with E-state index in [2.05, 4.69) is 43.5 Å². The third-order valence-corrected chi connectivity index (χ3v) is 10.3. The summed E-state index contributed by atoms with van der Waals surface area (Å²) in [4.78, 5) is 22.7. The number of unbranched alkanes of at least 4 members (excludes halogenated alkanes) is 23. The molecule has 3 unspecified atom stereocenters. The molecule has 0 aromatic carbocycles. The molecule has 50 heavy (non-hydrogen) atoms. The number of amides is 1. The van der Waals surface area contributed by atoms with Crippen LogP contribution in [0.3, 0.4) is 0 Å². The number of allylic oxidation sites excluding steroid dienone is 4. The third kappa shape index (κ3) is 35.4. The Morgan fingerprint density at radius 1 is 0.660 bits per heavy atom. The zero-order valence-corrected chi connectivity index (χ0v) is 33.5. The number of rotatable bonds is 39. The van der Waals surface area contributed by atoms with Crippen molar-refractivity contribution in [3.05, 3.63) is 24.3 Å². The standard InChI is InChI=1S/C41H81N2O6P/c1-3-5-7-9-11-13-15-16-17-18-19-20-21-22-23-24-25-27-29-31-33-35-41(45)43-39(38-49-50(46,47)48-37-36-42)40(44)34-32-30-28-26-14-12-10-8-6-4-2/h15-16,18-19,39-40,44H,3-14,17,20-38,42H2,1-2H3,(H,43,45)(H,46,47)/b16-15-,19-18-. The summed E-state index contributed by atoms with van der Waals surface area (Å²) < 4.78 is 22.1. The van der Waals surface area contributed by atoms with Crippen LogP contribution in [-0.2, 0) is 18.4 Å². The van der Waals surface area contributed by atoms with E-state index in [0.717, 1.165) is 44.9 Å². The number of aliphatic hydroxyl groups excluding tert-OH is 1. The number of nitrogens with two attached hydrogens (primary N) is 1. The van der Waals surface area contributed by atoms with Crippen LogP contribution in [0.2, 0.25) is 0 Å². The first kappa shape index (κ1) is 49.0. The molecule has 1 amide bonds. The van der Waals surface area contributed by atoms with E-state index >= 15 is 0 Å². The molecule has 0 rings (SSSR count). The van der Waals surface area contributed by atoms with Crippen LogP contribution < -0.4 is 11.1 Å². The maximum atomic E-state index is 12.7. The molecule has 9 heteroatoms. The Labute approximate surface area is 308 Å². The molecule has 3 atom stereocenters. The van der Waals surface area contributed by atoms with Gasteiger partial charge in [-0.2, -0.15) is 0 Å². The first-order valence-electron chi connectivity index (χ1n) is 21.0. The average Bonchev–Trinajstić information content (AvgIpc) is 3.10. The van der Waals surface area contributed by atoms with Gasteiger partial charge >= 0.3 is 7.82 Å². The average molecular weight is 729 g/mol. The van der Waals surface area contributed by atoms with Gasteiger partial charge in [-0.15, -0.1) is 0 Å². The van der Waals surface area contributed by atoms with Crippen molar-refractivity contribution in [2.45, 2.75) is 212 Å². The highest BCUT2D eigenvalue weighted by atomic mass is 31.2. The Morgan fingerprint density at radius 3 is 1.58 bits per heavy atom. The van der Waals surface area contributed by atoms with Crippen molar-refractivity contribution >= 4 is 13.7 Å². The first-order chi connectivity index (χ1) is 24.4. The summed E-state index contributed by atoms with van der Waals surface area (Å²) in [6, 6.07) is -0.773. The van der Waals surface area contributed by atoms with Crippen molar-refractivity contribution in [1.82, 2.24) is 5.32 Å². The van der Waals surface area contributed by atoms with Gasteiger partial charge < -0.3 is 21.1 Å². The highest BCUT2D eigenvalue weighted by Crippen LogP contribution is 2.43. The fourth-order valence-electron chi connectivity index (χ4n) is 6.11. The van der Waals surface area contributed by atoms with Crippen LogP contribution in [-0.4, -0.2) is 47.8 Å². The molecule has 296 valence electrons. The van der Waals surface area contributed by atoms with Crippen molar-refractivity contribution in [1.29, 1.82) is 0 Å². The van der Waals surface area contributed by atoms with Gasteiger partial charge in [-0.05, 0) is 44.9 Å². The topological polar surface area (TPSA) is 131 Å². The van der Waals surface area contributed by atoms with Crippen molar-refractivity contribution < 1.29 is 28.4 Å². The highest BCUT2D eigenvalue weighted by Gasteiger charge is 2.27. The number of carbonyl (C=O) groups excluding carboxylic acids is 1. The molecule has 0 aromatic rings. The molecular weight excluding hydrogens is 647 g/mol. The van der Waals surface area contributed by atoms with Crippen LogP contribution in [0.4, 0.5) is 0 Å². The molecule has 0 radical (unpaired) electrons. The lowest BCUT2D eigenvalue weighted by atomic mass is 10.0. The Kier molecular flexibility index (Phi) is 37.0. The number of aliphatic hydroxyl groups is 1. The number of carbonyl (C=O) groups is 1. The number of phosphoric acid groups is 1. The van der Waals surface area contributed by atoms with Gasteiger partial charge in [-0.1, -0.05) is 173 Å². The minimum absolute atomic E-state index is 0.0884. The van der Waals surface area contributed by atoms with E-state index < -0.39 is 20.0 Å². The lowest BCUT2D eigenvalue weighted by molar-refractivity contribution is -0.123. The van der Waals surface area contributed by atoms with Gasteiger partial charge in [-0.25, -0.2) is 4.57 Å². The van der Waals surface area contributed by atoms with Crippen molar-refractivity contribution in [2.75, 3.05) is 19.8 Å². The number of phosphoric ester groups is 1. The number of hydrogen-bond acceptors (Lipinski definition) is 6. The molecule has 0 fully saturated rings. The van der Waals surface area contributed by atoms with Gasteiger partial charge in [0.15, 0.2) is 0 Å². The summed E-state index contributed by atoms with van der Waals surface area (Å²) in [6.45, 7) is 4.18. The lowest BCUT2D eigenvalue weighted by Crippen LogP contribution is -2.46. The van der Waals surface area contributed by atoms with Gasteiger partial charge in [0.2, 0.25) is 5.91 Å². The van der Waals surface area contributed by atoms with E-state index in [1.165, 1.54) is 128 Å². The molecule has 0 heterocycles. The zero-order chi connectivity index (χ0) is 36.8. The molecule has 0 aliphatic heterocycles. The van der Waals surface area contributed by atoms with E-state index in [0.29, 0.717) is 12.8 Å². The van der Waals surface area contributed by atoms with Crippen LogP contribution in [0.1, 0.15) is 200 Å². The van der Waals surface area contributed by atoms with Crippen LogP contribution in [0.5, 0.6) is 0 Å². The minimum Gasteiger partial charge on any atom is -0.391 e. The first-order valence-corrected chi connectivity index (χ1v) is 22.4. The predicted molar refractivity (Wildman–Crippen MR) is 212 cm³/mol. The quantitative estimate of drug-likeness (QED) is 0.0281. The van der Waals surface area contributed by atoms with Gasteiger partial charge in [0.05, 0.1) is 25.4 Å². The normalized spacial score (nSPS) is 14.4. The Bertz CT molecular complexity index is 840. The summed E-state index contributed by atoms with van der Waals surface area (Å²) in [6.07, 6.45) is 41.9. The highest BCUT2D eigenvalue weighted by molar-refractivity contribution is 7.47. The monoisotopic (exact) mass is 729 g/mol. The van der Waals surface area contributed by atoms with Crippen molar-refractivity contribution in [3.63, 3.8) is 0 Å². The molecule has 0 saturated heterocycles. The second-order valence-corrected chi connectivity index (χ2v) is 15.7. The Hall–Kier alpha value is -1.02. The van der Waals surface area contributed by atoms with Crippen molar-refractivity contribution in [2.24, 2.45) is 5.73 Å². The van der Waals surface area contributed by atoms with Crippen LogP contribution >= 0.6 is 7.82 Å². The van der Waals surface area contributed by atoms with Gasteiger partial charge in [-0.3, -0.25) is 13.8 Å². The Balaban J connectivity index is 4.09. The predicted octanol–water partition coefficient (Wildman–Crippen LogP) is 11.4. The van der Waals surface area contributed by atoms with Crippen LogP contribution in [0.25, 0.3) is 0 Å². The van der Waals surface area contributed by atoms with Crippen LogP contribution in [0, 0.1) is 0 Å². The molecular formula is C41H81N2O6P. The summed E-state index contributed by atoms with van der Waals surface area (Å²) in [5, 5.41) is 13.7. The van der Waals surface area contributed by atoms with Crippen LogP contribution in [0.15, 0.2) is 24.3 Å². The van der Waals surface area contributed by atoms with Gasteiger partial charge in [0.25, 0.3) is 0 Å². The smallest absolute Gasteiger partial charge is 0.391 e. The number of nitrogens with one attached hydrogen (secondary N) is 1. The zero-order valence-electron chi connectivity index (χ0n) is 32.6. The molecule has 0 aromatic heterocycles.